The Hall–Kier alpha value is -2.82. The van der Waals surface area contributed by atoms with Gasteiger partial charge in [0.15, 0.2) is 0 Å². The fraction of sp³-hybridized carbons (Fsp3) is 0.562. The number of benzene rings is 2. The molecule has 2 aromatic carbocycles. The van der Waals surface area contributed by atoms with Crippen LogP contribution in [0, 0.1) is 6.92 Å². The van der Waals surface area contributed by atoms with E-state index in [1.165, 1.54) is 19.1 Å². The summed E-state index contributed by atoms with van der Waals surface area (Å²) in [6, 6.07) is 9.21. The Morgan fingerprint density at radius 1 is 1.07 bits per heavy atom. The standard InChI is InChI=1S/C32H42ClF3N4O3/c1-23-27(32(34,35)36)13-7-14-28(23)40(29(41)22-33)30(31(42)37-25-10-4-3-5-11-25)24-9-6-12-26(21-24)43-20-8-15-39-18-16-38(2)17-19-39/h6-7,9,12-14,21,25,30H,3-5,8,10-11,15-20,22H2,1-2H3,(H,37,42). The van der Waals surface area contributed by atoms with Gasteiger partial charge in [-0.2, -0.15) is 13.2 Å². The molecular weight excluding hydrogens is 581 g/mol. The van der Waals surface area contributed by atoms with Gasteiger partial charge in [0, 0.05) is 44.5 Å². The first-order chi connectivity index (χ1) is 20.6. The van der Waals surface area contributed by atoms with Gasteiger partial charge in [-0.1, -0.05) is 37.5 Å². The number of anilines is 1. The highest BCUT2D eigenvalue weighted by Gasteiger charge is 2.38. The summed E-state index contributed by atoms with van der Waals surface area (Å²) in [5, 5.41) is 3.07. The molecule has 1 saturated carbocycles. The van der Waals surface area contributed by atoms with E-state index in [0.717, 1.165) is 82.2 Å². The number of ether oxygens (including phenoxy) is 1. The Balaban J connectivity index is 1.62. The van der Waals surface area contributed by atoms with Crippen LogP contribution < -0.4 is 15.0 Å². The Morgan fingerprint density at radius 3 is 2.44 bits per heavy atom. The van der Waals surface area contributed by atoms with Crippen molar-refractivity contribution in [2.75, 3.05) is 57.2 Å². The third kappa shape index (κ3) is 8.86. The van der Waals surface area contributed by atoms with Crippen molar-refractivity contribution in [3.05, 3.63) is 59.2 Å². The van der Waals surface area contributed by atoms with Crippen molar-refractivity contribution in [2.24, 2.45) is 0 Å². The molecule has 1 atom stereocenters. The van der Waals surface area contributed by atoms with Crippen LogP contribution in [0.3, 0.4) is 0 Å². The number of rotatable bonds is 11. The molecule has 0 radical (unpaired) electrons. The Labute approximate surface area is 257 Å². The van der Waals surface area contributed by atoms with Crippen LogP contribution in [0.4, 0.5) is 18.9 Å². The molecule has 1 N–H and O–H groups in total. The van der Waals surface area contributed by atoms with Crippen LogP contribution in [-0.4, -0.2) is 79.9 Å². The first-order valence-corrected chi connectivity index (χ1v) is 15.6. The van der Waals surface area contributed by atoms with Crippen molar-refractivity contribution in [3.63, 3.8) is 0 Å². The van der Waals surface area contributed by atoms with E-state index in [2.05, 4.69) is 22.2 Å². The Morgan fingerprint density at radius 2 is 1.77 bits per heavy atom. The fourth-order valence-corrected chi connectivity index (χ4v) is 6.07. The topological polar surface area (TPSA) is 65.1 Å². The second-order valence-electron chi connectivity index (χ2n) is 11.5. The minimum Gasteiger partial charge on any atom is -0.494 e. The molecule has 2 amide bonds. The monoisotopic (exact) mass is 622 g/mol. The number of piperazine rings is 1. The van der Waals surface area contributed by atoms with E-state index >= 15 is 0 Å². The highest BCUT2D eigenvalue weighted by Crippen LogP contribution is 2.39. The lowest BCUT2D eigenvalue weighted by Crippen LogP contribution is -2.48. The van der Waals surface area contributed by atoms with E-state index in [1.807, 2.05) is 0 Å². The molecule has 2 aliphatic rings. The number of likely N-dealkylation sites (N-methyl/N-ethyl adjacent to an activating group) is 1. The molecule has 4 rings (SSSR count). The average Bonchev–Trinajstić information content (AvgIpc) is 2.99. The quantitative estimate of drug-likeness (QED) is 0.254. The van der Waals surface area contributed by atoms with E-state index in [0.29, 0.717) is 17.9 Å². The van der Waals surface area contributed by atoms with Gasteiger partial charge in [-0.15, -0.1) is 11.6 Å². The van der Waals surface area contributed by atoms with E-state index in [9.17, 15) is 22.8 Å². The Bertz CT molecular complexity index is 1230. The normalized spacial score (nSPS) is 17.8. The van der Waals surface area contributed by atoms with Crippen LogP contribution in [0.15, 0.2) is 42.5 Å². The lowest BCUT2D eigenvalue weighted by atomic mass is 9.94. The molecule has 0 bridgehead atoms. The van der Waals surface area contributed by atoms with Crippen LogP contribution in [0.25, 0.3) is 0 Å². The van der Waals surface area contributed by atoms with Crippen LogP contribution in [0.2, 0.25) is 0 Å². The highest BCUT2D eigenvalue weighted by atomic mass is 35.5. The van der Waals surface area contributed by atoms with Crippen molar-refractivity contribution >= 4 is 29.1 Å². The fourth-order valence-electron chi connectivity index (χ4n) is 5.94. The molecule has 1 aliphatic heterocycles. The Kier molecular flexibility index (Phi) is 11.7. The second kappa shape index (κ2) is 15.3. The maximum atomic E-state index is 14.0. The molecule has 1 saturated heterocycles. The van der Waals surface area contributed by atoms with E-state index in [4.69, 9.17) is 16.3 Å². The SMILES string of the molecule is Cc1c(N(C(=O)CCl)C(C(=O)NC2CCCCC2)c2cccc(OCCCN3CCN(C)CC3)c2)cccc1C(F)(F)F. The number of alkyl halides is 4. The maximum Gasteiger partial charge on any atom is 0.416 e. The van der Waals surface area contributed by atoms with Crippen molar-refractivity contribution in [2.45, 2.75) is 63.7 Å². The lowest BCUT2D eigenvalue weighted by molar-refractivity contribution is -0.138. The number of amides is 2. The summed E-state index contributed by atoms with van der Waals surface area (Å²) in [5.74, 6) is -1.13. The first-order valence-electron chi connectivity index (χ1n) is 15.1. The first kappa shape index (κ1) is 33.1. The minimum atomic E-state index is -4.63. The van der Waals surface area contributed by atoms with Crippen LogP contribution in [0.1, 0.15) is 61.3 Å². The summed E-state index contributed by atoms with van der Waals surface area (Å²) in [6.07, 6.45) is 0.841. The average molecular weight is 623 g/mol. The van der Waals surface area contributed by atoms with Gasteiger partial charge in [0.1, 0.15) is 17.7 Å². The zero-order valence-corrected chi connectivity index (χ0v) is 25.7. The van der Waals surface area contributed by atoms with Gasteiger partial charge in [-0.25, -0.2) is 0 Å². The number of carbonyl (C=O) groups excluding carboxylic acids is 2. The van der Waals surface area contributed by atoms with Gasteiger partial charge in [-0.3, -0.25) is 14.5 Å². The van der Waals surface area contributed by atoms with Gasteiger partial charge < -0.3 is 19.9 Å². The molecule has 2 aromatic rings. The van der Waals surface area contributed by atoms with Gasteiger partial charge in [0.25, 0.3) is 0 Å². The number of carbonyl (C=O) groups is 2. The maximum absolute atomic E-state index is 14.0. The summed E-state index contributed by atoms with van der Waals surface area (Å²) >= 11 is 6.02. The number of nitrogens with zero attached hydrogens (tertiary/aromatic N) is 3. The zero-order chi connectivity index (χ0) is 31.0. The van der Waals surface area contributed by atoms with Gasteiger partial charge in [-0.05, 0) is 68.6 Å². The van der Waals surface area contributed by atoms with Gasteiger partial charge in [0.05, 0.1) is 12.2 Å². The smallest absolute Gasteiger partial charge is 0.416 e. The predicted octanol–water partition coefficient (Wildman–Crippen LogP) is 5.79. The van der Waals surface area contributed by atoms with E-state index in [1.54, 1.807) is 24.3 Å². The van der Waals surface area contributed by atoms with Gasteiger partial charge >= 0.3 is 6.18 Å². The molecular formula is C32H42ClF3N4O3. The van der Waals surface area contributed by atoms with Crippen molar-refractivity contribution in [1.82, 2.24) is 15.1 Å². The van der Waals surface area contributed by atoms with E-state index in [-0.39, 0.29) is 17.3 Å². The summed E-state index contributed by atoms with van der Waals surface area (Å²) in [6.45, 7) is 6.79. The van der Waals surface area contributed by atoms with Crippen molar-refractivity contribution < 1.29 is 27.5 Å². The summed E-state index contributed by atoms with van der Waals surface area (Å²) in [7, 11) is 2.12. The number of nitrogens with one attached hydrogen (secondary N) is 1. The summed E-state index contributed by atoms with van der Waals surface area (Å²) in [5.41, 5.74) is -0.607. The largest absolute Gasteiger partial charge is 0.494 e. The molecule has 11 heteroatoms. The number of hydrogen-bond acceptors (Lipinski definition) is 5. The lowest BCUT2D eigenvalue weighted by Gasteiger charge is -2.34. The molecule has 1 heterocycles. The predicted molar refractivity (Wildman–Crippen MR) is 163 cm³/mol. The van der Waals surface area contributed by atoms with Crippen LogP contribution in [0.5, 0.6) is 5.75 Å². The zero-order valence-electron chi connectivity index (χ0n) is 25.0. The number of hydrogen-bond donors (Lipinski definition) is 1. The summed E-state index contributed by atoms with van der Waals surface area (Å²) < 4.78 is 47.7. The molecule has 1 aliphatic carbocycles. The van der Waals surface area contributed by atoms with Crippen LogP contribution >= 0.6 is 11.6 Å². The van der Waals surface area contributed by atoms with E-state index < -0.39 is 35.5 Å². The molecule has 43 heavy (non-hydrogen) atoms. The molecule has 1 unspecified atom stereocenters. The molecule has 0 spiro atoms. The minimum absolute atomic E-state index is 0.0113. The third-order valence-electron chi connectivity index (χ3n) is 8.37. The number of halogens is 4. The van der Waals surface area contributed by atoms with Crippen LogP contribution in [-0.2, 0) is 15.8 Å². The highest BCUT2D eigenvalue weighted by molar-refractivity contribution is 6.30. The van der Waals surface area contributed by atoms with Crippen molar-refractivity contribution in [3.8, 4) is 5.75 Å². The van der Waals surface area contributed by atoms with Crippen molar-refractivity contribution in [1.29, 1.82) is 0 Å². The van der Waals surface area contributed by atoms with Gasteiger partial charge in [0.2, 0.25) is 11.8 Å². The third-order valence-corrected chi connectivity index (χ3v) is 8.60. The molecule has 7 nitrogen and oxygen atoms in total. The summed E-state index contributed by atoms with van der Waals surface area (Å²) in [4.78, 5) is 33.2. The molecule has 2 fully saturated rings. The molecule has 0 aromatic heterocycles. The molecule has 236 valence electrons. The second-order valence-corrected chi connectivity index (χ2v) is 11.8.